The van der Waals surface area contributed by atoms with E-state index in [1.54, 1.807) is 0 Å². The average molecular weight is 281 g/mol. The summed E-state index contributed by atoms with van der Waals surface area (Å²) in [5, 5.41) is 2.72. The van der Waals surface area contributed by atoms with Crippen molar-refractivity contribution in [1.82, 2.24) is 4.90 Å². The number of hydrogen-bond donors (Lipinski definition) is 2. The largest absolute Gasteiger partial charge is 0.397 e. The van der Waals surface area contributed by atoms with Gasteiger partial charge in [-0.25, -0.2) is 4.39 Å². The Bertz CT molecular complexity index is 437. The van der Waals surface area contributed by atoms with Gasteiger partial charge >= 0.3 is 0 Å². The zero-order valence-electron chi connectivity index (χ0n) is 12.3. The highest BCUT2D eigenvalue weighted by Gasteiger charge is 2.08. The molecule has 20 heavy (non-hydrogen) atoms. The number of hydrogen-bond acceptors (Lipinski definition) is 3. The lowest BCUT2D eigenvalue weighted by Crippen LogP contribution is -2.28. The molecule has 1 amide bonds. The average Bonchev–Trinajstić information content (AvgIpc) is 2.42. The minimum atomic E-state index is -0.405. The Morgan fingerprint density at radius 2 is 2.10 bits per heavy atom. The summed E-state index contributed by atoms with van der Waals surface area (Å²) < 4.78 is 12.9. The minimum absolute atomic E-state index is 0.0988. The first-order valence-electron chi connectivity index (χ1n) is 7.14. The predicted octanol–water partition coefficient (Wildman–Crippen LogP) is 2.86. The summed E-state index contributed by atoms with van der Waals surface area (Å²) in [5.74, 6) is -0.504. The van der Waals surface area contributed by atoms with Gasteiger partial charge in [0.05, 0.1) is 11.4 Å². The number of carbonyl (C=O) groups excluding carboxylic acids is 1. The molecule has 0 radical (unpaired) electrons. The van der Waals surface area contributed by atoms with Crippen LogP contribution in [0.4, 0.5) is 15.8 Å². The molecule has 5 heteroatoms. The van der Waals surface area contributed by atoms with Crippen LogP contribution in [0.15, 0.2) is 18.2 Å². The van der Waals surface area contributed by atoms with Crippen molar-refractivity contribution in [2.45, 2.75) is 33.1 Å². The third-order valence-electron chi connectivity index (χ3n) is 3.22. The van der Waals surface area contributed by atoms with Gasteiger partial charge in [-0.15, -0.1) is 0 Å². The van der Waals surface area contributed by atoms with E-state index in [0.29, 0.717) is 12.1 Å². The van der Waals surface area contributed by atoms with Crippen LogP contribution in [0.3, 0.4) is 0 Å². The standard InChI is InChI=1S/C15H24FN3O/c1-3-5-9-19(4-2)10-8-15(20)18-14-7-6-12(16)11-13(14)17/h6-7,11H,3-5,8-10,17H2,1-2H3,(H,18,20). The van der Waals surface area contributed by atoms with Crippen molar-refractivity contribution in [3.8, 4) is 0 Å². The van der Waals surface area contributed by atoms with E-state index >= 15 is 0 Å². The lowest BCUT2D eigenvalue weighted by molar-refractivity contribution is -0.116. The summed E-state index contributed by atoms with van der Waals surface area (Å²) in [5.41, 5.74) is 6.37. The van der Waals surface area contributed by atoms with Crippen LogP contribution in [0.5, 0.6) is 0 Å². The third-order valence-corrected chi connectivity index (χ3v) is 3.22. The molecule has 4 nitrogen and oxygen atoms in total. The molecule has 0 saturated carbocycles. The minimum Gasteiger partial charge on any atom is -0.397 e. The molecule has 0 atom stereocenters. The highest BCUT2D eigenvalue weighted by molar-refractivity contribution is 5.93. The number of nitrogen functional groups attached to an aromatic ring is 1. The fourth-order valence-electron chi connectivity index (χ4n) is 1.93. The number of nitrogens with zero attached hydrogens (tertiary/aromatic N) is 1. The van der Waals surface area contributed by atoms with Gasteiger partial charge in [0.25, 0.3) is 0 Å². The molecule has 3 N–H and O–H groups in total. The molecular weight excluding hydrogens is 257 g/mol. The Morgan fingerprint density at radius 3 is 2.70 bits per heavy atom. The van der Waals surface area contributed by atoms with Crippen molar-refractivity contribution in [3.63, 3.8) is 0 Å². The maximum Gasteiger partial charge on any atom is 0.225 e. The second-order valence-electron chi connectivity index (χ2n) is 4.82. The van der Waals surface area contributed by atoms with Crippen molar-refractivity contribution in [2.75, 3.05) is 30.7 Å². The Hall–Kier alpha value is -1.62. The predicted molar refractivity (Wildman–Crippen MR) is 81.1 cm³/mol. The SMILES string of the molecule is CCCCN(CC)CCC(=O)Nc1ccc(F)cc1N. The number of unbranched alkanes of at least 4 members (excludes halogenated alkanes) is 1. The molecule has 0 unspecified atom stereocenters. The van der Waals surface area contributed by atoms with Crippen LogP contribution >= 0.6 is 0 Å². The van der Waals surface area contributed by atoms with E-state index in [9.17, 15) is 9.18 Å². The molecule has 0 aliphatic carbocycles. The van der Waals surface area contributed by atoms with Crippen LogP contribution in [0.25, 0.3) is 0 Å². The summed E-state index contributed by atoms with van der Waals surface area (Å²) in [4.78, 5) is 14.1. The summed E-state index contributed by atoms with van der Waals surface area (Å²) in [6.45, 7) is 6.91. The fraction of sp³-hybridized carbons (Fsp3) is 0.533. The molecule has 1 rings (SSSR count). The maximum atomic E-state index is 12.9. The smallest absolute Gasteiger partial charge is 0.225 e. The molecule has 1 aromatic rings. The first kappa shape index (κ1) is 16.4. The molecule has 0 bridgehead atoms. The van der Waals surface area contributed by atoms with Gasteiger partial charge in [-0.1, -0.05) is 20.3 Å². The second-order valence-corrected chi connectivity index (χ2v) is 4.82. The molecule has 0 aliphatic heterocycles. The van der Waals surface area contributed by atoms with E-state index in [4.69, 9.17) is 5.73 Å². The summed E-state index contributed by atoms with van der Waals surface area (Å²) in [6.07, 6.45) is 2.70. The van der Waals surface area contributed by atoms with Gasteiger partial charge in [-0.3, -0.25) is 4.79 Å². The lowest BCUT2D eigenvalue weighted by atomic mass is 10.2. The van der Waals surface area contributed by atoms with Crippen molar-refractivity contribution >= 4 is 17.3 Å². The second kappa shape index (κ2) is 8.53. The highest BCUT2D eigenvalue weighted by atomic mass is 19.1. The van der Waals surface area contributed by atoms with E-state index in [1.165, 1.54) is 18.2 Å². The summed E-state index contributed by atoms with van der Waals surface area (Å²) in [6, 6.07) is 3.97. The number of amides is 1. The number of rotatable bonds is 8. The van der Waals surface area contributed by atoms with Gasteiger partial charge in [0.15, 0.2) is 0 Å². The van der Waals surface area contributed by atoms with Crippen molar-refractivity contribution in [1.29, 1.82) is 0 Å². The van der Waals surface area contributed by atoms with Gasteiger partial charge in [0, 0.05) is 13.0 Å². The van der Waals surface area contributed by atoms with Crippen LogP contribution in [0.2, 0.25) is 0 Å². The summed E-state index contributed by atoms with van der Waals surface area (Å²) in [7, 11) is 0. The molecule has 112 valence electrons. The Morgan fingerprint density at radius 1 is 1.35 bits per heavy atom. The molecule has 0 aliphatic rings. The van der Waals surface area contributed by atoms with E-state index < -0.39 is 5.82 Å². The number of anilines is 2. The normalized spacial score (nSPS) is 10.8. The van der Waals surface area contributed by atoms with Crippen LogP contribution in [-0.4, -0.2) is 30.4 Å². The molecule has 0 heterocycles. The Balaban J connectivity index is 2.43. The van der Waals surface area contributed by atoms with Gasteiger partial charge in [0.2, 0.25) is 5.91 Å². The van der Waals surface area contributed by atoms with Crippen molar-refractivity contribution in [3.05, 3.63) is 24.0 Å². The van der Waals surface area contributed by atoms with Crippen LogP contribution in [-0.2, 0) is 4.79 Å². The zero-order chi connectivity index (χ0) is 15.0. The first-order valence-corrected chi connectivity index (χ1v) is 7.14. The van der Waals surface area contributed by atoms with Gasteiger partial charge in [-0.05, 0) is 37.7 Å². The van der Waals surface area contributed by atoms with Crippen LogP contribution < -0.4 is 11.1 Å². The molecular formula is C15H24FN3O. The van der Waals surface area contributed by atoms with Crippen molar-refractivity contribution in [2.24, 2.45) is 0 Å². The molecule has 0 fully saturated rings. The van der Waals surface area contributed by atoms with E-state index in [2.05, 4.69) is 24.1 Å². The number of carbonyl (C=O) groups is 1. The monoisotopic (exact) mass is 281 g/mol. The van der Waals surface area contributed by atoms with E-state index in [1.807, 2.05) is 0 Å². The molecule has 0 spiro atoms. The van der Waals surface area contributed by atoms with Crippen LogP contribution in [0.1, 0.15) is 33.1 Å². The third kappa shape index (κ3) is 5.57. The number of benzene rings is 1. The summed E-state index contributed by atoms with van der Waals surface area (Å²) >= 11 is 0. The number of nitrogens with one attached hydrogen (secondary N) is 1. The molecule has 0 saturated heterocycles. The van der Waals surface area contributed by atoms with Crippen molar-refractivity contribution < 1.29 is 9.18 Å². The van der Waals surface area contributed by atoms with Crippen LogP contribution in [0, 0.1) is 5.82 Å². The Kier molecular flexibility index (Phi) is 7.01. The van der Waals surface area contributed by atoms with Gasteiger partial charge in [-0.2, -0.15) is 0 Å². The van der Waals surface area contributed by atoms with Gasteiger partial charge < -0.3 is 16.0 Å². The maximum absolute atomic E-state index is 12.9. The van der Waals surface area contributed by atoms with E-state index in [-0.39, 0.29) is 11.6 Å². The molecule has 1 aromatic carbocycles. The number of halogens is 1. The first-order chi connectivity index (χ1) is 9.56. The lowest BCUT2D eigenvalue weighted by Gasteiger charge is -2.19. The fourth-order valence-corrected chi connectivity index (χ4v) is 1.93. The molecule has 0 aromatic heterocycles. The Labute approximate surface area is 120 Å². The van der Waals surface area contributed by atoms with Gasteiger partial charge in [0.1, 0.15) is 5.82 Å². The highest BCUT2D eigenvalue weighted by Crippen LogP contribution is 2.19. The topological polar surface area (TPSA) is 58.4 Å². The number of nitrogens with two attached hydrogens (primary N) is 1. The zero-order valence-corrected chi connectivity index (χ0v) is 12.3. The van der Waals surface area contributed by atoms with E-state index in [0.717, 1.165) is 32.5 Å². The quantitative estimate of drug-likeness (QED) is 0.720.